The summed E-state index contributed by atoms with van der Waals surface area (Å²) in [5.41, 5.74) is 2.81. The fraction of sp³-hybridized carbons (Fsp3) is 0.154. The minimum absolute atomic E-state index is 0.00228. The molecule has 0 atom stereocenters. The van der Waals surface area contributed by atoms with Crippen LogP contribution in [0.25, 0.3) is 6.08 Å². The number of halogens is 1. The van der Waals surface area contributed by atoms with Gasteiger partial charge in [0.1, 0.15) is 0 Å². The lowest BCUT2D eigenvalue weighted by Gasteiger charge is -2.36. The summed E-state index contributed by atoms with van der Waals surface area (Å²) in [6.07, 6.45) is 2.87. The Morgan fingerprint density at radius 2 is 1.63 bits per heavy atom. The second kappa shape index (κ2) is 10.8. The molecule has 9 heteroatoms. The first-order valence-corrected chi connectivity index (χ1v) is 11.4. The lowest BCUT2D eigenvalue weighted by Crippen LogP contribution is -2.48. The number of nitro groups is 1. The zero-order valence-electron chi connectivity index (χ0n) is 18.8. The average Bonchev–Trinajstić information content (AvgIpc) is 2.88. The Balaban J connectivity index is 1.29. The summed E-state index contributed by atoms with van der Waals surface area (Å²) in [5, 5.41) is 14.3. The van der Waals surface area contributed by atoms with Crippen LogP contribution in [0, 0.1) is 10.1 Å². The predicted octanol–water partition coefficient (Wildman–Crippen LogP) is 4.86. The van der Waals surface area contributed by atoms with Crippen LogP contribution >= 0.6 is 11.6 Å². The molecule has 1 fully saturated rings. The average molecular weight is 491 g/mol. The molecule has 3 aromatic rings. The molecular weight excluding hydrogens is 468 g/mol. The fourth-order valence-electron chi connectivity index (χ4n) is 3.80. The van der Waals surface area contributed by atoms with Gasteiger partial charge < -0.3 is 15.1 Å². The number of anilines is 2. The maximum absolute atomic E-state index is 12.7. The van der Waals surface area contributed by atoms with Crippen LogP contribution in [-0.4, -0.2) is 47.8 Å². The zero-order chi connectivity index (χ0) is 24.8. The molecule has 178 valence electrons. The Labute approximate surface area is 207 Å². The molecule has 8 nitrogen and oxygen atoms in total. The lowest BCUT2D eigenvalue weighted by atomic mass is 10.1. The van der Waals surface area contributed by atoms with Crippen molar-refractivity contribution in [2.24, 2.45) is 0 Å². The Kier molecular flexibility index (Phi) is 7.42. The predicted molar refractivity (Wildman–Crippen MR) is 137 cm³/mol. The second-order valence-corrected chi connectivity index (χ2v) is 8.44. The number of non-ortho nitro benzene ring substituents is 1. The molecule has 4 rings (SSSR count). The summed E-state index contributed by atoms with van der Waals surface area (Å²) in [6, 6.07) is 20.5. The highest BCUT2D eigenvalue weighted by atomic mass is 35.5. The van der Waals surface area contributed by atoms with Gasteiger partial charge in [-0.3, -0.25) is 19.7 Å². The molecule has 1 aliphatic heterocycles. The maximum Gasteiger partial charge on any atom is 0.270 e. The van der Waals surface area contributed by atoms with Crippen LogP contribution in [0.1, 0.15) is 15.9 Å². The van der Waals surface area contributed by atoms with Gasteiger partial charge in [0.2, 0.25) is 5.91 Å². The first-order valence-electron chi connectivity index (χ1n) is 11.0. The van der Waals surface area contributed by atoms with Gasteiger partial charge >= 0.3 is 0 Å². The van der Waals surface area contributed by atoms with Crippen LogP contribution in [0.2, 0.25) is 5.02 Å². The molecule has 0 unspecified atom stereocenters. The Morgan fingerprint density at radius 1 is 0.943 bits per heavy atom. The number of hydrogen-bond acceptors (Lipinski definition) is 5. The van der Waals surface area contributed by atoms with Crippen molar-refractivity contribution in [3.05, 3.63) is 105 Å². The maximum atomic E-state index is 12.7. The second-order valence-electron chi connectivity index (χ2n) is 8.01. The van der Waals surface area contributed by atoms with E-state index >= 15 is 0 Å². The molecular formula is C26H23ClN4O4. The van der Waals surface area contributed by atoms with E-state index in [1.165, 1.54) is 24.3 Å². The van der Waals surface area contributed by atoms with Gasteiger partial charge in [-0.15, -0.1) is 0 Å². The van der Waals surface area contributed by atoms with E-state index in [0.29, 0.717) is 48.0 Å². The van der Waals surface area contributed by atoms with E-state index in [1.807, 2.05) is 29.2 Å². The zero-order valence-corrected chi connectivity index (χ0v) is 19.5. The number of benzene rings is 3. The van der Waals surface area contributed by atoms with E-state index < -0.39 is 4.92 Å². The van der Waals surface area contributed by atoms with Gasteiger partial charge in [0, 0.05) is 66.3 Å². The van der Waals surface area contributed by atoms with Gasteiger partial charge in [-0.05, 0) is 60.2 Å². The normalized spacial score (nSPS) is 13.6. The molecule has 2 amide bonds. The number of nitro benzene ring substituents is 1. The number of nitrogens with one attached hydrogen (secondary N) is 1. The van der Waals surface area contributed by atoms with E-state index in [2.05, 4.69) is 10.2 Å². The van der Waals surface area contributed by atoms with Crippen molar-refractivity contribution in [1.82, 2.24) is 4.90 Å². The summed E-state index contributed by atoms with van der Waals surface area (Å²) in [4.78, 5) is 39.3. The monoisotopic (exact) mass is 490 g/mol. The van der Waals surface area contributed by atoms with Crippen LogP contribution in [0.3, 0.4) is 0 Å². The van der Waals surface area contributed by atoms with Crippen molar-refractivity contribution in [3.63, 3.8) is 0 Å². The molecule has 1 saturated heterocycles. The van der Waals surface area contributed by atoms with Gasteiger partial charge in [0.25, 0.3) is 11.6 Å². The third kappa shape index (κ3) is 6.24. The first kappa shape index (κ1) is 24.0. The van der Waals surface area contributed by atoms with Gasteiger partial charge in [0.15, 0.2) is 0 Å². The van der Waals surface area contributed by atoms with Crippen LogP contribution in [0.15, 0.2) is 78.9 Å². The third-order valence-electron chi connectivity index (χ3n) is 5.67. The molecule has 0 saturated carbocycles. The van der Waals surface area contributed by atoms with Crippen LogP contribution in [-0.2, 0) is 4.79 Å². The van der Waals surface area contributed by atoms with E-state index in [4.69, 9.17) is 11.6 Å². The molecule has 0 radical (unpaired) electrons. The SMILES string of the molecule is O=C(C=Cc1cccc([N+](=O)[O-])c1)Nc1ccc(N2CCN(C(=O)c3ccc(Cl)cc3)CC2)cc1. The largest absolute Gasteiger partial charge is 0.368 e. The summed E-state index contributed by atoms with van der Waals surface area (Å²) in [5.74, 6) is -0.337. The van der Waals surface area contributed by atoms with E-state index in [0.717, 1.165) is 5.69 Å². The van der Waals surface area contributed by atoms with Crippen molar-refractivity contribution in [3.8, 4) is 0 Å². The van der Waals surface area contributed by atoms with Crippen molar-refractivity contribution >= 4 is 46.6 Å². The highest BCUT2D eigenvalue weighted by Gasteiger charge is 2.22. The summed E-state index contributed by atoms with van der Waals surface area (Å²) in [7, 11) is 0. The smallest absolute Gasteiger partial charge is 0.270 e. The number of amides is 2. The topological polar surface area (TPSA) is 95.8 Å². The molecule has 0 aliphatic carbocycles. The number of carbonyl (C=O) groups is 2. The minimum Gasteiger partial charge on any atom is -0.368 e. The quantitative estimate of drug-likeness (QED) is 0.302. The minimum atomic E-state index is -0.476. The van der Waals surface area contributed by atoms with Gasteiger partial charge in [-0.1, -0.05) is 23.7 Å². The molecule has 3 aromatic carbocycles. The molecule has 0 spiro atoms. The van der Waals surface area contributed by atoms with Gasteiger partial charge in [-0.2, -0.15) is 0 Å². The lowest BCUT2D eigenvalue weighted by molar-refractivity contribution is -0.384. The molecule has 1 aliphatic rings. The fourth-order valence-corrected chi connectivity index (χ4v) is 3.92. The standard InChI is InChI=1S/C26H23ClN4O4/c27-21-7-5-20(6-8-21)26(33)30-16-14-29(15-17-30)23-11-9-22(10-12-23)28-25(32)13-4-19-2-1-3-24(18-19)31(34)35/h1-13,18H,14-17H2,(H,28,32). The molecule has 1 N–H and O–H groups in total. The Bertz CT molecular complexity index is 1250. The molecule has 0 bridgehead atoms. The van der Waals surface area contributed by atoms with Crippen LogP contribution in [0.4, 0.5) is 17.1 Å². The van der Waals surface area contributed by atoms with Gasteiger partial charge in [0.05, 0.1) is 4.92 Å². The van der Waals surface area contributed by atoms with Crippen LogP contribution in [0.5, 0.6) is 0 Å². The van der Waals surface area contributed by atoms with E-state index in [1.54, 1.807) is 36.4 Å². The number of rotatable bonds is 6. The highest BCUT2D eigenvalue weighted by molar-refractivity contribution is 6.30. The molecule has 0 aromatic heterocycles. The van der Waals surface area contributed by atoms with E-state index in [9.17, 15) is 19.7 Å². The van der Waals surface area contributed by atoms with Crippen molar-refractivity contribution in [2.75, 3.05) is 36.4 Å². The van der Waals surface area contributed by atoms with Crippen molar-refractivity contribution in [1.29, 1.82) is 0 Å². The van der Waals surface area contributed by atoms with E-state index in [-0.39, 0.29) is 17.5 Å². The number of piperazine rings is 1. The first-order chi connectivity index (χ1) is 16.9. The Hall–Kier alpha value is -4.17. The van der Waals surface area contributed by atoms with Crippen LogP contribution < -0.4 is 10.2 Å². The Morgan fingerprint density at radius 3 is 2.29 bits per heavy atom. The number of carbonyl (C=O) groups excluding carboxylic acids is 2. The summed E-state index contributed by atoms with van der Waals surface area (Å²) < 4.78 is 0. The number of nitrogens with zero attached hydrogens (tertiary/aromatic N) is 3. The van der Waals surface area contributed by atoms with Crippen molar-refractivity contribution in [2.45, 2.75) is 0 Å². The molecule has 1 heterocycles. The van der Waals surface area contributed by atoms with Gasteiger partial charge in [-0.25, -0.2) is 0 Å². The van der Waals surface area contributed by atoms with Crippen molar-refractivity contribution < 1.29 is 14.5 Å². The number of hydrogen-bond donors (Lipinski definition) is 1. The third-order valence-corrected chi connectivity index (χ3v) is 5.92. The molecule has 35 heavy (non-hydrogen) atoms. The summed E-state index contributed by atoms with van der Waals surface area (Å²) >= 11 is 5.91. The summed E-state index contributed by atoms with van der Waals surface area (Å²) in [6.45, 7) is 2.64. The highest BCUT2D eigenvalue weighted by Crippen LogP contribution is 2.21.